The molecule has 0 aromatic heterocycles. The van der Waals surface area contributed by atoms with Gasteiger partial charge in [0.2, 0.25) is 5.91 Å². The minimum atomic E-state index is -0.886. The fourth-order valence-corrected chi connectivity index (χ4v) is 3.76. The first kappa shape index (κ1) is 14.0. The lowest BCUT2D eigenvalue weighted by atomic mass is 9.74. The van der Waals surface area contributed by atoms with E-state index < -0.39 is 5.54 Å². The Kier molecular flexibility index (Phi) is 3.18. The van der Waals surface area contributed by atoms with E-state index in [1.807, 2.05) is 60.7 Å². The number of hydrogen-bond donors (Lipinski definition) is 1. The zero-order valence-electron chi connectivity index (χ0n) is 12.7. The van der Waals surface area contributed by atoms with E-state index in [4.69, 9.17) is 0 Å². The van der Waals surface area contributed by atoms with E-state index in [-0.39, 0.29) is 17.9 Å². The number of fused-ring (bicyclic) bond motifs is 3. The molecule has 4 nitrogen and oxygen atoms in total. The van der Waals surface area contributed by atoms with Crippen molar-refractivity contribution in [1.29, 1.82) is 0 Å². The van der Waals surface area contributed by atoms with Crippen LogP contribution in [0.3, 0.4) is 0 Å². The number of nitrogens with one attached hydrogen (secondary N) is 1. The first-order valence-electron chi connectivity index (χ1n) is 7.94. The third-order valence-corrected chi connectivity index (χ3v) is 4.94. The average molecular weight is 306 g/mol. The van der Waals surface area contributed by atoms with Gasteiger partial charge in [-0.1, -0.05) is 60.7 Å². The summed E-state index contributed by atoms with van der Waals surface area (Å²) in [6.07, 6.45) is 1.37. The van der Waals surface area contributed by atoms with Crippen LogP contribution >= 0.6 is 0 Å². The molecular formula is C19H18N2O2. The maximum Gasteiger partial charge on any atom is 0.251 e. The molecule has 0 saturated carbocycles. The van der Waals surface area contributed by atoms with Gasteiger partial charge in [-0.3, -0.25) is 9.59 Å². The van der Waals surface area contributed by atoms with Crippen LogP contribution in [0.5, 0.6) is 0 Å². The number of piperazine rings is 1. The highest BCUT2D eigenvalue weighted by atomic mass is 16.2. The molecule has 2 atom stereocenters. The molecule has 3 aliphatic rings. The lowest BCUT2D eigenvalue weighted by Gasteiger charge is -2.53. The number of benzene rings is 2. The van der Waals surface area contributed by atoms with E-state index in [1.54, 1.807) is 4.90 Å². The SMILES string of the molecule is O=C1C2CCC(c3ccccc3)(C(=O)N2)N1Cc1ccccc1. The summed E-state index contributed by atoms with van der Waals surface area (Å²) in [4.78, 5) is 27.4. The van der Waals surface area contributed by atoms with Gasteiger partial charge in [0.25, 0.3) is 5.91 Å². The van der Waals surface area contributed by atoms with Crippen molar-refractivity contribution in [3.8, 4) is 0 Å². The van der Waals surface area contributed by atoms with Crippen molar-refractivity contribution in [2.75, 3.05) is 0 Å². The molecule has 3 aliphatic heterocycles. The Morgan fingerprint density at radius 2 is 1.65 bits per heavy atom. The third kappa shape index (κ3) is 2.05. The minimum absolute atomic E-state index is 0.0172. The van der Waals surface area contributed by atoms with Crippen molar-refractivity contribution < 1.29 is 9.59 Å². The molecule has 1 N–H and O–H groups in total. The predicted octanol–water partition coefficient (Wildman–Crippen LogP) is 2.20. The van der Waals surface area contributed by atoms with E-state index in [2.05, 4.69) is 5.32 Å². The maximum atomic E-state index is 12.8. The number of piperidine rings is 2. The topological polar surface area (TPSA) is 49.4 Å². The predicted molar refractivity (Wildman–Crippen MR) is 86.3 cm³/mol. The van der Waals surface area contributed by atoms with E-state index in [0.717, 1.165) is 11.1 Å². The van der Waals surface area contributed by atoms with Crippen molar-refractivity contribution in [2.45, 2.75) is 31.0 Å². The van der Waals surface area contributed by atoms with Crippen LogP contribution in [0, 0.1) is 0 Å². The normalized spacial score (nSPS) is 26.3. The maximum absolute atomic E-state index is 12.8. The highest BCUT2D eigenvalue weighted by Crippen LogP contribution is 2.43. The second kappa shape index (κ2) is 5.23. The summed E-state index contributed by atoms with van der Waals surface area (Å²) in [5, 5.41) is 2.89. The van der Waals surface area contributed by atoms with Gasteiger partial charge in [0, 0.05) is 6.54 Å². The molecular weight excluding hydrogens is 288 g/mol. The lowest BCUT2D eigenvalue weighted by molar-refractivity contribution is -0.166. The summed E-state index contributed by atoms with van der Waals surface area (Å²) in [6, 6.07) is 19.1. The van der Waals surface area contributed by atoms with Crippen molar-refractivity contribution in [2.24, 2.45) is 0 Å². The zero-order chi connectivity index (χ0) is 15.9. The van der Waals surface area contributed by atoms with Crippen LogP contribution in [-0.2, 0) is 21.7 Å². The van der Waals surface area contributed by atoms with Crippen LogP contribution in [0.4, 0.5) is 0 Å². The molecule has 116 valence electrons. The van der Waals surface area contributed by atoms with Gasteiger partial charge >= 0.3 is 0 Å². The monoisotopic (exact) mass is 306 g/mol. The van der Waals surface area contributed by atoms with Crippen molar-refractivity contribution in [3.63, 3.8) is 0 Å². The van der Waals surface area contributed by atoms with Crippen LogP contribution < -0.4 is 5.32 Å². The first-order chi connectivity index (χ1) is 11.2. The molecule has 3 heterocycles. The first-order valence-corrected chi connectivity index (χ1v) is 7.94. The zero-order valence-corrected chi connectivity index (χ0v) is 12.7. The van der Waals surface area contributed by atoms with Gasteiger partial charge in [-0.15, -0.1) is 0 Å². The van der Waals surface area contributed by atoms with E-state index in [0.29, 0.717) is 19.4 Å². The molecule has 0 aliphatic carbocycles. The van der Waals surface area contributed by atoms with Crippen molar-refractivity contribution >= 4 is 11.8 Å². The Bertz CT molecular complexity index is 744. The highest BCUT2D eigenvalue weighted by molar-refractivity contribution is 6.01. The highest BCUT2D eigenvalue weighted by Gasteiger charge is 2.57. The van der Waals surface area contributed by atoms with Crippen LogP contribution in [-0.4, -0.2) is 22.8 Å². The molecule has 2 unspecified atom stereocenters. The van der Waals surface area contributed by atoms with E-state index in [9.17, 15) is 9.59 Å². The molecule has 2 aromatic carbocycles. The summed E-state index contributed by atoms with van der Waals surface area (Å²) >= 11 is 0. The summed E-state index contributed by atoms with van der Waals surface area (Å²) in [5.74, 6) is -0.0426. The fourth-order valence-electron chi connectivity index (χ4n) is 3.76. The third-order valence-electron chi connectivity index (χ3n) is 4.94. The second-order valence-corrected chi connectivity index (χ2v) is 6.20. The average Bonchev–Trinajstić information content (AvgIpc) is 2.60. The quantitative estimate of drug-likeness (QED) is 0.945. The fraction of sp³-hybridized carbons (Fsp3) is 0.263. The van der Waals surface area contributed by atoms with E-state index >= 15 is 0 Å². The minimum Gasteiger partial charge on any atom is -0.342 e. The molecule has 3 fully saturated rings. The molecule has 2 amide bonds. The molecule has 3 saturated heterocycles. The Labute approximate surface area is 135 Å². The van der Waals surface area contributed by atoms with Crippen molar-refractivity contribution in [3.05, 3.63) is 71.8 Å². The Morgan fingerprint density at radius 1 is 1.00 bits per heavy atom. The molecule has 2 aromatic rings. The summed E-state index contributed by atoms with van der Waals surface area (Å²) in [5.41, 5.74) is 1.04. The Hall–Kier alpha value is -2.62. The van der Waals surface area contributed by atoms with Crippen molar-refractivity contribution in [1.82, 2.24) is 10.2 Å². The number of hydrogen-bond acceptors (Lipinski definition) is 2. The second-order valence-electron chi connectivity index (χ2n) is 6.20. The molecule has 5 rings (SSSR count). The largest absolute Gasteiger partial charge is 0.342 e. The smallest absolute Gasteiger partial charge is 0.251 e. The molecule has 23 heavy (non-hydrogen) atoms. The van der Waals surface area contributed by atoms with E-state index in [1.165, 1.54) is 0 Å². The number of carbonyl (C=O) groups is 2. The Morgan fingerprint density at radius 3 is 2.30 bits per heavy atom. The molecule has 0 radical (unpaired) electrons. The molecule has 2 bridgehead atoms. The van der Waals surface area contributed by atoms with Gasteiger partial charge in [-0.05, 0) is 24.0 Å². The number of rotatable bonds is 3. The summed E-state index contributed by atoms with van der Waals surface area (Å²) < 4.78 is 0. The van der Waals surface area contributed by atoms with Gasteiger partial charge < -0.3 is 10.2 Å². The Balaban J connectivity index is 1.81. The number of nitrogens with zero attached hydrogens (tertiary/aromatic N) is 1. The van der Waals surface area contributed by atoms with Crippen LogP contribution in [0.15, 0.2) is 60.7 Å². The van der Waals surface area contributed by atoms with Gasteiger partial charge in [-0.25, -0.2) is 0 Å². The van der Waals surface area contributed by atoms with Crippen LogP contribution in [0.1, 0.15) is 24.0 Å². The summed E-state index contributed by atoms with van der Waals surface area (Å²) in [7, 11) is 0. The molecule has 4 heteroatoms. The van der Waals surface area contributed by atoms with Crippen LogP contribution in [0.2, 0.25) is 0 Å². The molecule has 0 spiro atoms. The van der Waals surface area contributed by atoms with Crippen LogP contribution in [0.25, 0.3) is 0 Å². The van der Waals surface area contributed by atoms with Gasteiger partial charge in [-0.2, -0.15) is 0 Å². The van der Waals surface area contributed by atoms with Gasteiger partial charge in [0.05, 0.1) is 0 Å². The summed E-state index contributed by atoms with van der Waals surface area (Å²) in [6.45, 7) is 0.457. The van der Waals surface area contributed by atoms with Gasteiger partial charge in [0.15, 0.2) is 0 Å². The number of carbonyl (C=O) groups excluding carboxylic acids is 2. The lowest BCUT2D eigenvalue weighted by Crippen LogP contribution is -2.72. The van der Waals surface area contributed by atoms with Gasteiger partial charge in [0.1, 0.15) is 11.6 Å². The number of amides is 2. The standard InChI is InChI=1S/C19H18N2O2/c22-17-16-11-12-19(18(23)20-16,15-9-5-2-6-10-15)21(17)13-14-7-3-1-4-8-14/h1-10,16H,11-13H2,(H,20,23).